The summed E-state index contributed by atoms with van der Waals surface area (Å²) in [5.74, 6) is 0. The number of urea groups is 1. The van der Waals surface area contributed by atoms with E-state index in [1.165, 1.54) is 5.56 Å². The van der Waals surface area contributed by atoms with Crippen molar-refractivity contribution in [2.45, 2.75) is 44.6 Å². The average molecular weight is 232 g/mol. The summed E-state index contributed by atoms with van der Waals surface area (Å²) in [6, 6.07) is 8.03. The molecule has 0 bridgehead atoms. The van der Waals surface area contributed by atoms with Crippen molar-refractivity contribution in [2.24, 2.45) is 5.73 Å². The number of nitrogens with two attached hydrogens (primary N) is 1. The van der Waals surface area contributed by atoms with Crippen LogP contribution in [0.1, 0.15) is 44.7 Å². The largest absolute Gasteiger partial charge is 0.352 e. The summed E-state index contributed by atoms with van der Waals surface area (Å²) in [5, 5.41) is 2.84. The predicted molar refractivity (Wildman–Crippen MR) is 68.8 cm³/mol. The molecule has 0 spiro atoms. The lowest BCUT2D eigenvalue weighted by molar-refractivity contribution is 0.244. The molecule has 0 radical (unpaired) electrons. The van der Waals surface area contributed by atoms with E-state index in [9.17, 15) is 4.79 Å². The van der Waals surface area contributed by atoms with E-state index in [2.05, 4.69) is 50.4 Å². The van der Waals surface area contributed by atoms with E-state index >= 15 is 0 Å². The van der Waals surface area contributed by atoms with E-state index in [1.54, 1.807) is 0 Å². The highest BCUT2D eigenvalue weighted by Gasteiger charge is 2.45. The van der Waals surface area contributed by atoms with Crippen molar-refractivity contribution < 1.29 is 4.79 Å². The monoisotopic (exact) mass is 232 g/mol. The molecule has 0 aromatic heterocycles. The Hall–Kier alpha value is -1.51. The van der Waals surface area contributed by atoms with Crippen LogP contribution in [0.15, 0.2) is 24.3 Å². The van der Waals surface area contributed by atoms with Gasteiger partial charge in [-0.1, -0.05) is 45.0 Å². The van der Waals surface area contributed by atoms with Crippen LogP contribution in [-0.2, 0) is 11.0 Å². The summed E-state index contributed by atoms with van der Waals surface area (Å²) in [4.78, 5) is 11.0. The smallest absolute Gasteiger partial charge is 0.312 e. The first-order chi connectivity index (χ1) is 7.83. The SMILES string of the molecule is CC(C)(C)c1ccc(C2(NC(N)=O)CC2)cc1. The van der Waals surface area contributed by atoms with Gasteiger partial charge < -0.3 is 11.1 Å². The zero-order valence-electron chi connectivity index (χ0n) is 10.7. The molecule has 1 fully saturated rings. The predicted octanol–water partition coefficient (Wildman–Crippen LogP) is 2.64. The van der Waals surface area contributed by atoms with Crippen LogP contribution in [0.4, 0.5) is 4.79 Å². The molecule has 1 aliphatic rings. The highest BCUT2D eigenvalue weighted by Crippen LogP contribution is 2.45. The fourth-order valence-corrected chi connectivity index (χ4v) is 2.14. The molecule has 92 valence electrons. The van der Waals surface area contributed by atoms with Crippen molar-refractivity contribution in [1.82, 2.24) is 5.32 Å². The van der Waals surface area contributed by atoms with Crippen LogP contribution in [-0.4, -0.2) is 6.03 Å². The van der Waals surface area contributed by atoms with Crippen LogP contribution in [0.2, 0.25) is 0 Å². The maximum atomic E-state index is 11.0. The Morgan fingerprint density at radius 2 is 1.76 bits per heavy atom. The fourth-order valence-electron chi connectivity index (χ4n) is 2.14. The Balaban J connectivity index is 2.22. The zero-order chi connectivity index (χ0) is 12.7. The number of hydrogen-bond acceptors (Lipinski definition) is 1. The lowest BCUT2D eigenvalue weighted by Gasteiger charge is -2.21. The Kier molecular flexibility index (Phi) is 2.64. The van der Waals surface area contributed by atoms with Gasteiger partial charge in [-0.25, -0.2) is 4.79 Å². The molecule has 0 aliphatic heterocycles. The second kappa shape index (κ2) is 3.76. The van der Waals surface area contributed by atoms with Crippen molar-refractivity contribution in [2.75, 3.05) is 0 Å². The normalized spacial score (nSPS) is 17.6. The Morgan fingerprint density at radius 1 is 1.24 bits per heavy atom. The molecule has 1 aromatic carbocycles. The standard InChI is InChI=1S/C14H20N2O/c1-13(2,3)10-4-6-11(7-5-10)14(8-9-14)16-12(15)17/h4-7H,8-9H2,1-3H3,(H3,15,16,17). The van der Waals surface area contributed by atoms with Gasteiger partial charge >= 0.3 is 6.03 Å². The summed E-state index contributed by atoms with van der Waals surface area (Å²) in [6.07, 6.45) is 1.95. The van der Waals surface area contributed by atoms with Crippen LogP contribution in [0.3, 0.4) is 0 Å². The van der Waals surface area contributed by atoms with Gasteiger partial charge in [0.05, 0.1) is 5.54 Å². The molecule has 1 aromatic rings. The number of carbonyl (C=O) groups excluding carboxylic acids is 1. The highest BCUT2D eigenvalue weighted by atomic mass is 16.2. The number of nitrogens with one attached hydrogen (secondary N) is 1. The summed E-state index contributed by atoms with van der Waals surface area (Å²) < 4.78 is 0. The van der Waals surface area contributed by atoms with Crippen molar-refractivity contribution in [3.63, 3.8) is 0 Å². The minimum Gasteiger partial charge on any atom is -0.352 e. The minimum absolute atomic E-state index is 0.159. The van der Waals surface area contributed by atoms with E-state index in [0.29, 0.717) is 0 Å². The molecule has 2 amide bonds. The van der Waals surface area contributed by atoms with Gasteiger partial charge in [0.15, 0.2) is 0 Å². The summed E-state index contributed by atoms with van der Waals surface area (Å²) >= 11 is 0. The second-order valence-electron chi connectivity index (χ2n) is 5.90. The molecule has 3 nitrogen and oxygen atoms in total. The molecule has 17 heavy (non-hydrogen) atoms. The van der Waals surface area contributed by atoms with Gasteiger partial charge in [-0.05, 0) is 29.4 Å². The van der Waals surface area contributed by atoms with Gasteiger partial charge in [0.25, 0.3) is 0 Å². The summed E-state index contributed by atoms with van der Waals surface area (Å²) in [5.41, 5.74) is 7.63. The molecule has 3 N–H and O–H groups in total. The van der Waals surface area contributed by atoms with Crippen LogP contribution in [0.25, 0.3) is 0 Å². The lowest BCUT2D eigenvalue weighted by Crippen LogP contribution is -2.38. The van der Waals surface area contributed by atoms with Crippen LogP contribution in [0, 0.1) is 0 Å². The fraction of sp³-hybridized carbons (Fsp3) is 0.500. The molecule has 2 rings (SSSR count). The first-order valence-electron chi connectivity index (χ1n) is 6.02. The van der Waals surface area contributed by atoms with Gasteiger partial charge in [0, 0.05) is 0 Å². The van der Waals surface area contributed by atoms with Gasteiger partial charge in [-0.15, -0.1) is 0 Å². The Bertz CT molecular complexity index is 425. The third-order valence-electron chi connectivity index (χ3n) is 3.42. The third kappa shape index (κ3) is 2.43. The van der Waals surface area contributed by atoms with Crippen molar-refractivity contribution in [1.29, 1.82) is 0 Å². The Labute approximate surface area is 102 Å². The number of rotatable bonds is 2. The first kappa shape index (κ1) is 12.0. The number of hydrogen-bond donors (Lipinski definition) is 2. The molecule has 0 saturated heterocycles. The number of amides is 2. The molecular formula is C14H20N2O. The van der Waals surface area contributed by atoms with Crippen LogP contribution in [0.5, 0.6) is 0 Å². The van der Waals surface area contributed by atoms with Gasteiger partial charge in [0.2, 0.25) is 0 Å². The topological polar surface area (TPSA) is 55.1 Å². The van der Waals surface area contributed by atoms with Gasteiger partial charge in [0.1, 0.15) is 0 Å². The van der Waals surface area contributed by atoms with E-state index < -0.39 is 6.03 Å². The molecule has 0 unspecified atom stereocenters. The third-order valence-corrected chi connectivity index (χ3v) is 3.42. The quantitative estimate of drug-likeness (QED) is 0.809. The van der Waals surface area contributed by atoms with Crippen molar-refractivity contribution in [3.05, 3.63) is 35.4 Å². The molecule has 1 saturated carbocycles. The van der Waals surface area contributed by atoms with Gasteiger partial charge in [-0.3, -0.25) is 0 Å². The summed E-state index contributed by atoms with van der Waals surface area (Å²) in [6.45, 7) is 6.57. The minimum atomic E-state index is -0.442. The molecular weight excluding hydrogens is 212 g/mol. The van der Waals surface area contributed by atoms with E-state index in [-0.39, 0.29) is 11.0 Å². The maximum absolute atomic E-state index is 11.0. The van der Waals surface area contributed by atoms with Crippen LogP contribution >= 0.6 is 0 Å². The van der Waals surface area contributed by atoms with E-state index in [4.69, 9.17) is 5.73 Å². The summed E-state index contributed by atoms with van der Waals surface area (Å²) in [7, 11) is 0. The Morgan fingerprint density at radius 3 is 2.12 bits per heavy atom. The maximum Gasteiger partial charge on any atom is 0.312 e. The number of carbonyl (C=O) groups is 1. The highest BCUT2D eigenvalue weighted by molar-refractivity contribution is 5.73. The molecule has 0 atom stereocenters. The second-order valence-corrected chi connectivity index (χ2v) is 5.90. The van der Waals surface area contributed by atoms with Crippen LogP contribution < -0.4 is 11.1 Å². The molecule has 3 heteroatoms. The molecule has 1 aliphatic carbocycles. The average Bonchev–Trinajstić information content (AvgIpc) is 2.97. The van der Waals surface area contributed by atoms with Gasteiger partial charge in [-0.2, -0.15) is 0 Å². The molecule has 0 heterocycles. The van der Waals surface area contributed by atoms with Crippen molar-refractivity contribution >= 4 is 6.03 Å². The van der Waals surface area contributed by atoms with E-state index in [1.807, 2.05) is 0 Å². The van der Waals surface area contributed by atoms with E-state index in [0.717, 1.165) is 18.4 Å². The number of benzene rings is 1. The first-order valence-corrected chi connectivity index (χ1v) is 6.02. The zero-order valence-corrected chi connectivity index (χ0v) is 10.7. The lowest BCUT2D eigenvalue weighted by atomic mass is 9.86. The number of primary amides is 1. The van der Waals surface area contributed by atoms with Crippen molar-refractivity contribution in [3.8, 4) is 0 Å².